The molecule has 0 aromatic heterocycles. The van der Waals surface area contributed by atoms with Gasteiger partial charge in [0.15, 0.2) is 0 Å². The Bertz CT molecular complexity index is 939. The van der Waals surface area contributed by atoms with Gasteiger partial charge in [-0.3, -0.25) is 0 Å². The molecule has 0 atom stereocenters. The van der Waals surface area contributed by atoms with Crippen molar-refractivity contribution in [1.29, 1.82) is 0 Å². The van der Waals surface area contributed by atoms with Gasteiger partial charge in [-0.2, -0.15) is 0 Å². The zero-order chi connectivity index (χ0) is 17.2. The maximum Gasteiger partial charge on any atom is 0.119 e. The van der Waals surface area contributed by atoms with Crippen molar-refractivity contribution >= 4 is 17.3 Å². The first-order chi connectivity index (χ1) is 12.2. The molecule has 0 saturated carbocycles. The number of rotatable bonds is 2. The SMILES string of the molecule is COc1ccc2c(c1)CCc1ccccc1/C2=C\c1ccc(N)cc1. The Balaban J connectivity index is 1.93. The Morgan fingerprint density at radius 3 is 2.36 bits per heavy atom. The molecule has 0 fully saturated rings. The van der Waals surface area contributed by atoms with Crippen LogP contribution in [0.1, 0.15) is 27.8 Å². The topological polar surface area (TPSA) is 35.2 Å². The summed E-state index contributed by atoms with van der Waals surface area (Å²) in [5.74, 6) is 0.913. The lowest BCUT2D eigenvalue weighted by Crippen LogP contribution is -1.94. The molecule has 1 aliphatic rings. The van der Waals surface area contributed by atoms with E-state index in [1.807, 2.05) is 18.2 Å². The molecule has 2 N–H and O–H groups in total. The number of methoxy groups -OCH3 is 1. The van der Waals surface area contributed by atoms with Crippen LogP contribution >= 0.6 is 0 Å². The summed E-state index contributed by atoms with van der Waals surface area (Å²) >= 11 is 0. The third kappa shape index (κ3) is 3.03. The number of benzene rings is 3. The molecule has 124 valence electrons. The van der Waals surface area contributed by atoms with E-state index in [4.69, 9.17) is 10.5 Å². The van der Waals surface area contributed by atoms with Crippen LogP contribution in [0.2, 0.25) is 0 Å². The van der Waals surface area contributed by atoms with E-state index in [1.165, 1.54) is 27.8 Å². The average Bonchev–Trinajstić information content (AvgIpc) is 2.80. The van der Waals surface area contributed by atoms with Gasteiger partial charge in [0.1, 0.15) is 5.75 Å². The maximum absolute atomic E-state index is 5.84. The number of hydrogen-bond acceptors (Lipinski definition) is 2. The average molecular weight is 327 g/mol. The standard InChI is InChI=1S/C23H21NO/c1-25-20-12-13-22-18(15-20)9-8-17-4-2-3-5-21(17)23(22)14-16-6-10-19(24)11-7-16/h2-7,10-15H,8-9,24H2,1H3/b23-14+. The van der Waals surface area contributed by atoms with Crippen molar-refractivity contribution in [3.63, 3.8) is 0 Å². The van der Waals surface area contributed by atoms with E-state index in [9.17, 15) is 0 Å². The fourth-order valence-corrected chi connectivity index (χ4v) is 3.50. The minimum atomic E-state index is 0.786. The number of anilines is 1. The van der Waals surface area contributed by atoms with Crippen LogP contribution in [0.5, 0.6) is 5.75 Å². The molecule has 3 aromatic rings. The van der Waals surface area contributed by atoms with Gasteiger partial charge in [-0.1, -0.05) is 42.5 Å². The van der Waals surface area contributed by atoms with Crippen molar-refractivity contribution in [2.75, 3.05) is 12.8 Å². The molecule has 4 rings (SSSR count). The fourth-order valence-electron chi connectivity index (χ4n) is 3.50. The van der Waals surface area contributed by atoms with E-state index in [0.29, 0.717) is 0 Å². The monoisotopic (exact) mass is 327 g/mol. The summed E-state index contributed by atoms with van der Waals surface area (Å²) in [6.45, 7) is 0. The number of nitrogens with two attached hydrogens (primary N) is 1. The van der Waals surface area contributed by atoms with Crippen molar-refractivity contribution in [3.8, 4) is 5.75 Å². The minimum absolute atomic E-state index is 0.786. The summed E-state index contributed by atoms with van der Waals surface area (Å²) in [6, 6.07) is 23.1. The number of fused-ring (bicyclic) bond motifs is 2. The van der Waals surface area contributed by atoms with Gasteiger partial charge in [0.25, 0.3) is 0 Å². The molecule has 0 bridgehead atoms. The van der Waals surface area contributed by atoms with Crippen LogP contribution in [-0.2, 0) is 12.8 Å². The lowest BCUT2D eigenvalue weighted by atomic mass is 9.92. The number of nitrogen functional groups attached to an aromatic ring is 1. The Morgan fingerprint density at radius 1 is 0.840 bits per heavy atom. The van der Waals surface area contributed by atoms with Crippen molar-refractivity contribution in [3.05, 3.63) is 94.5 Å². The third-order valence-corrected chi connectivity index (χ3v) is 4.82. The fraction of sp³-hybridized carbons (Fsp3) is 0.130. The molecular formula is C23H21NO. The summed E-state index contributed by atoms with van der Waals surface area (Å²) < 4.78 is 5.43. The Morgan fingerprint density at radius 2 is 1.56 bits per heavy atom. The quantitative estimate of drug-likeness (QED) is 0.675. The van der Waals surface area contributed by atoms with E-state index >= 15 is 0 Å². The second kappa shape index (κ2) is 6.48. The van der Waals surface area contributed by atoms with E-state index in [-0.39, 0.29) is 0 Å². The van der Waals surface area contributed by atoms with Crippen LogP contribution in [0, 0.1) is 0 Å². The summed E-state index contributed by atoms with van der Waals surface area (Å²) in [5, 5.41) is 0. The highest BCUT2D eigenvalue weighted by molar-refractivity contribution is 5.94. The van der Waals surface area contributed by atoms with Crippen LogP contribution in [0.15, 0.2) is 66.7 Å². The second-order valence-electron chi connectivity index (χ2n) is 6.40. The Labute approximate surface area is 148 Å². The first kappa shape index (κ1) is 15.5. The first-order valence-electron chi connectivity index (χ1n) is 8.57. The summed E-state index contributed by atoms with van der Waals surface area (Å²) in [4.78, 5) is 0. The van der Waals surface area contributed by atoms with Gasteiger partial charge in [0.05, 0.1) is 7.11 Å². The second-order valence-corrected chi connectivity index (χ2v) is 6.40. The van der Waals surface area contributed by atoms with E-state index in [1.54, 1.807) is 7.11 Å². The highest BCUT2D eigenvalue weighted by Crippen LogP contribution is 2.36. The molecule has 3 aromatic carbocycles. The highest BCUT2D eigenvalue weighted by Gasteiger charge is 2.18. The zero-order valence-electron chi connectivity index (χ0n) is 14.3. The van der Waals surface area contributed by atoms with E-state index < -0.39 is 0 Å². The van der Waals surface area contributed by atoms with Crippen LogP contribution in [0.25, 0.3) is 11.6 Å². The van der Waals surface area contributed by atoms with Crippen molar-refractivity contribution in [2.24, 2.45) is 0 Å². The normalized spacial score (nSPS) is 14.5. The molecule has 0 amide bonds. The maximum atomic E-state index is 5.84. The molecule has 0 aliphatic heterocycles. The molecular weight excluding hydrogens is 306 g/mol. The highest BCUT2D eigenvalue weighted by atomic mass is 16.5. The van der Waals surface area contributed by atoms with E-state index in [0.717, 1.165) is 29.8 Å². The largest absolute Gasteiger partial charge is 0.497 e. The minimum Gasteiger partial charge on any atom is -0.497 e. The van der Waals surface area contributed by atoms with Crippen molar-refractivity contribution in [1.82, 2.24) is 0 Å². The molecule has 0 spiro atoms. The lowest BCUT2D eigenvalue weighted by molar-refractivity contribution is 0.414. The third-order valence-electron chi connectivity index (χ3n) is 4.82. The van der Waals surface area contributed by atoms with Crippen LogP contribution in [0.3, 0.4) is 0 Å². The lowest BCUT2D eigenvalue weighted by Gasteiger charge is -2.13. The molecule has 2 heteroatoms. The van der Waals surface area contributed by atoms with Gasteiger partial charge >= 0.3 is 0 Å². The van der Waals surface area contributed by atoms with Crippen molar-refractivity contribution in [2.45, 2.75) is 12.8 Å². The van der Waals surface area contributed by atoms with Gasteiger partial charge in [-0.25, -0.2) is 0 Å². The number of aryl methyl sites for hydroxylation is 2. The molecule has 1 aliphatic carbocycles. The molecule has 25 heavy (non-hydrogen) atoms. The van der Waals surface area contributed by atoms with Crippen LogP contribution in [0.4, 0.5) is 5.69 Å². The van der Waals surface area contributed by atoms with Gasteiger partial charge in [-0.15, -0.1) is 0 Å². The molecule has 0 radical (unpaired) electrons. The predicted octanol–water partition coefficient (Wildman–Crippen LogP) is 4.96. The van der Waals surface area contributed by atoms with Gasteiger partial charge in [-0.05, 0) is 76.6 Å². The van der Waals surface area contributed by atoms with Gasteiger partial charge < -0.3 is 10.5 Å². The number of hydrogen-bond donors (Lipinski definition) is 1. The predicted molar refractivity (Wildman–Crippen MR) is 105 cm³/mol. The molecule has 2 nitrogen and oxygen atoms in total. The van der Waals surface area contributed by atoms with E-state index in [2.05, 4.69) is 54.6 Å². The molecule has 0 unspecified atom stereocenters. The molecule has 0 saturated heterocycles. The number of ether oxygens (including phenoxy) is 1. The van der Waals surface area contributed by atoms with Gasteiger partial charge in [0, 0.05) is 5.69 Å². The Kier molecular flexibility index (Phi) is 4.02. The van der Waals surface area contributed by atoms with Crippen LogP contribution < -0.4 is 10.5 Å². The first-order valence-corrected chi connectivity index (χ1v) is 8.57. The smallest absolute Gasteiger partial charge is 0.119 e. The zero-order valence-corrected chi connectivity index (χ0v) is 14.3. The van der Waals surface area contributed by atoms with Crippen LogP contribution in [-0.4, -0.2) is 7.11 Å². The summed E-state index contributed by atoms with van der Waals surface area (Å²) in [6.07, 6.45) is 4.31. The summed E-state index contributed by atoms with van der Waals surface area (Å²) in [5.41, 5.74) is 14.3. The van der Waals surface area contributed by atoms with Crippen molar-refractivity contribution < 1.29 is 4.74 Å². The Hall–Kier alpha value is -3.00. The molecule has 0 heterocycles. The van der Waals surface area contributed by atoms with Gasteiger partial charge in [0.2, 0.25) is 0 Å². The summed E-state index contributed by atoms with van der Waals surface area (Å²) in [7, 11) is 1.72.